The maximum Gasteiger partial charge on any atom is 0.244 e. The molecule has 2 rings (SSSR count). The van der Waals surface area contributed by atoms with Crippen LogP contribution in [-0.4, -0.2) is 64.5 Å². The standard InChI is InChI=1S/C14H25N5O2/c1-11(2)13(18-4-6-21-7-5-18)8-16-14(20)12(3)19-10-15-9-17-19/h9-13H,4-8H2,1-3H3,(H,16,20)/t12-,13-/m0/s1. The molecule has 1 aliphatic heterocycles. The Kier molecular flexibility index (Phi) is 5.69. The number of rotatable bonds is 6. The van der Waals surface area contributed by atoms with Crippen molar-refractivity contribution in [1.82, 2.24) is 25.0 Å². The number of nitrogens with zero attached hydrogens (tertiary/aromatic N) is 4. The van der Waals surface area contributed by atoms with E-state index in [4.69, 9.17) is 4.74 Å². The fraction of sp³-hybridized carbons (Fsp3) is 0.786. The molecule has 1 aromatic heterocycles. The second kappa shape index (κ2) is 7.51. The molecule has 21 heavy (non-hydrogen) atoms. The van der Waals surface area contributed by atoms with Gasteiger partial charge in [-0.2, -0.15) is 5.10 Å². The lowest BCUT2D eigenvalue weighted by molar-refractivity contribution is -0.124. The van der Waals surface area contributed by atoms with Gasteiger partial charge in [-0.3, -0.25) is 9.69 Å². The van der Waals surface area contributed by atoms with Crippen molar-refractivity contribution in [2.24, 2.45) is 5.92 Å². The van der Waals surface area contributed by atoms with E-state index in [-0.39, 0.29) is 11.9 Å². The van der Waals surface area contributed by atoms with E-state index in [1.807, 2.05) is 6.92 Å². The summed E-state index contributed by atoms with van der Waals surface area (Å²) in [5, 5.41) is 7.05. The van der Waals surface area contributed by atoms with E-state index >= 15 is 0 Å². The Morgan fingerprint density at radius 2 is 2.05 bits per heavy atom. The van der Waals surface area contributed by atoms with E-state index < -0.39 is 0 Å². The molecule has 1 aromatic rings. The van der Waals surface area contributed by atoms with Crippen LogP contribution in [0.25, 0.3) is 0 Å². The molecule has 0 saturated carbocycles. The first-order valence-corrected chi connectivity index (χ1v) is 7.53. The molecule has 0 spiro atoms. The van der Waals surface area contributed by atoms with Crippen molar-refractivity contribution < 1.29 is 9.53 Å². The fourth-order valence-electron chi connectivity index (χ4n) is 2.59. The Morgan fingerprint density at radius 3 is 2.62 bits per heavy atom. The molecule has 0 unspecified atom stereocenters. The van der Waals surface area contributed by atoms with Gasteiger partial charge in [0, 0.05) is 25.7 Å². The van der Waals surface area contributed by atoms with Crippen LogP contribution in [0.1, 0.15) is 26.8 Å². The SMILES string of the molecule is CC(C)[C@H](CNC(=O)[C@H](C)n1cncn1)N1CCOCC1. The van der Waals surface area contributed by atoms with Gasteiger partial charge < -0.3 is 10.1 Å². The molecule has 2 atom stereocenters. The average Bonchev–Trinajstić information content (AvgIpc) is 3.01. The predicted octanol–water partition coefficient (Wildman–Crippen LogP) is 0.312. The van der Waals surface area contributed by atoms with Crippen LogP contribution in [0, 0.1) is 5.92 Å². The number of aromatic nitrogens is 3. The third-order valence-electron chi connectivity index (χ3n) is 3.98. The normalized spacial score (nSPS) is 19.4. The maximum atomic E-state index is 12.2. The summed E-state index contributed by atoms with van der Waals surface area (Å²) < 4.78 is 6.96. The number of hydrogen-bond donors (Lipinski definition) is 1. The molecule has 0 bridgehead atoms. The van der Waals surface area contributed by atoms with E-state index in [0.717, 1.165) is 26.3 Å². The highest BCUT2D eigenvalue weighted by atomic mass is 16.5. The molecule has 0 aliphatic carbocycles. The van der Waals surface area contributed by atoms with Crippen molar-refractivity contribution in [3.8, 4) is 0 Å². The third kappa shape index (κ3) is 4.25. The van der Waals surface area contributed by atoms with Crippen LogP contribution in [0.3, 0.4) is 0 Å². The van der Waals surface area contributed by atoms with Gasteiger partial charge in [0.05, 0.1) is 13.2 Å². The molecular formula is C14H25N5O2. The molecule has 2 heterocycles. The molecule has 1 N–H and O–H groups in total. The summed E-state index contributed by atoms with van der Waals surface area (Å²) in [7, 11) is 0. The highest BCUT2D eigenvalue weighted by Crippen LogP contribution is 2.12. The minimum atomic E-state index is -0.343. The number of morpholine rings is 1. The van der Waals surface area contributed by atoms with Crippen molar-refractivity contribution in [3.63, 3.8) is 0 Å². The van der Waals surface area contributed by atoms with Gasteiger partial charge in [-0.05, 0) is 12.8 Å². The smallest absolute Gasteiger partial charge is 0.244 e. The molecule has 0 aromatic carbocycles. The summed E-state index contributed by atoms with van der Waals surface area (Å²) in [5.41, 5.74) is 0. The van der Waals surface area contributed by atoms with Crippen LogP contribution in [0.4, 0.5) is 0 Å². The molecule has 0 radical (unpaired) electrons. The average molecular weight is 295 g/mol. The highest BCUT2D eigenvalue weighted by molar-refractivity contribution is 5.79. The molecule has 7 heteroatoms. The van der Waals surface area contributed by atoms with Crippen LogP contribution in [0.5, 0.6) is 0 Å². The second-order valence-corrected chi connectivity index (χ2v) is 5.76. The van der Waals surface area contributed by atoms with Gasteiger partial charge in [-0.1, -0.05) is 13.8 Å². The first-order valence-electron chi connectivity index (χ1n) is 7.53. The van der Waals surface area contributed by atoms with Crippen LogP contribution in [0.2, 0.25) is 0 Å². The molecule has 1 aliphatic rings. The maximum absolute atomic E-state index is 12.2. The van der Waals surface area contributed by atoms with E-state index in [1.54, 1.807) is 11.0 Å². The lowest BCUT2D eigenvalue weighted by Crippen LogP contribution is -2.51. The Morgan fingerprint density at radius 1 is 1.33 bits per heavy atom. The topological polar surface area (TPSA) is 72.3 Å². The number of carbonyl (C=O) groups is 1. The Balaban J connectivity index is 1.87. The van der Waals surface area contributed by atoms with Crippen LogP contribution in [-0.2, 0) is 9.53 Å². The van der Waals surface area contributed by atoms with Crippen molar-refractivity contribution >= 4 is 5.91 Å². The summed E-state index contributed by atoms with van der Waals surface area (Å²) in [6.07, 6.45) is 3.00. The zero-order valence-corrected chi connectivity index (χ0v) is 13.0. The number of nitrogens with one attached hydrogen (secondary N) is 1. The Labute approximate surface area is 125 Å². The van der Waals surface area contributed by atoms with Crippen LogP contribution < -0.4 is 5.32 Å². The molecule has 118 valence electrons. The van der Waals surface area contributed by atoms with E-state index in [2.05, 4.69) is 34.1 Å². The van der Waals surface area contributed by atoms with E-state index in [1.165, 1.54) is 6.33 Å². The first-order chi connectivity index (χ1) is 10.1. The molecular weight excluding hydrogens is 270 g/mol. The van der Waals surface area contributed by atoms with Gasteiger partial charge in [0.2, 0.25) is 5.91 Å². The van der Waals surface area contributed by atoms with Crippen molar-refractivity contribution in [2.75, 3.05) is 32.8 Å². The number of carbonyl (C=O) groups excluding carboxylic acids is 1. The fourth-order valence-corrected chi connectivity index (χ4v) is 2.59. The van der Waals surface area contributed by atoms with E-state index in [0.29, 0.717) is 18.5 Å². The lowest BCUT2D eigenvalue weighted by Gasteiger charge is -2.37. The van der Waals surface area contributed by atoms with Gasteiger partial charge in [0.15, 0.2) is 0 Å². The zero-order valence-electron chi connectivity index (χ0n) is 13.0. The highest BCUT2D eigenvalue weighted by Gasteiger charge is 2.25. The Bertz CT molecular complexity index is 429. The minimum absolute atomic E-state index is 0.0283. The van der Waals surface area contributed by atoms with Crippen molar-refractivity contribution in [2.45, 2.75) is 32.9 Å². The summed E-state index contributed by atoms with van der Waals surface area (Å²) in [4.78, 5) is 18.5. The van der Waals surface area contributed by atoms with Gasteiger partial charge >= 0.3 is 0 Å². The molecule has 1 saturated heterocycles. The zero-order chi connectivity index (χ0) is 15.2. The van der Waals surface area contributed by atoms with Gasteiger partial charge in [0.1, 0.15) is 18.7 Å². The van der Waals surface area contributed by atoms with Crippen LogP contribution >= 0.6 is 0 Å². The number of ether oxygens (including phenoxy) is 1. The van der Waals surface area contributed by atoms with Gasteiger partial charge in [-0.25, -0.2) is 9.67 Å². The quantitative estimate of drug-likeness (QED) is 0.818. The molecule has 1 fully saturated rings. The first kappa shape index (κ1) is 15.9. The summed E-state index contributed by atoms with van der Waals surface area (Å²) in [5.74, 6) is 0.449. The van der Waals surface area contributed by atoms with Gasteiger partial charge in [-0.15, -0.1) is 0 Å². The minimum Gasteiger partial charge on any atom is -0.379 e. The number of amides is 1. The number of hydrogen-bond acceptors (Lipinski definition) is 5. The summed E-state index contributed by atoms with van der Waals surface area (Å²) >= 11 is 0. The molecule has 1 amide bonds. The van der Waals surface area contributed by atoms with E-state index in [9.17, 15) is 4.79 Å². The van der Waals surface area contributed by atoms with Crippen molar-refractivity contribution in [1.29, 1.82) is 0 Å². The van der Waals surface area contributed by atoms with Crippen LogP contribution in [0.15, 0.2) is 12.7 Å². The Hall–Kier alpha value is -1.47. The summed E-state index contributed by atoms with van der Waals surface area (Å²) in [6, 6.07) is -0.00852. The molecule has 7 nitrogen and oxygen atoms in total. The van der Waals surface area contributed by atoms with Gasteiger partial charge in [0.25, 0.3) is 0 Å². The second-order valence-electron chi connectivity index (χ2n) is 5.76. The largest absolute Gasteiger partial charge is 0.379 e. The predicted molar refractivity (Wildman–Crippen MR) is 78.8 cm³/mol. The third-order valence-corrected chi connectivity index (χ3v) is 3.98. The summed E-state index contributed by atoms with van der Waals surface area (Å²) in [6.45, 7) is 10.2. The lowest BCUT2D eigenvalue weighted by atomic mass is 10.0. The van der Waals surface area contributed by atoms with Crippen molar-refractivity contribution in [3.05, 3.63) is 12.7 Å². The monoisotopic (exact) mass is 295 g/mol.